The minimum Gasteiger partial charge on any atom is -0.457 e. The Morgan fingerprint density at radius 2 is 1.74 bits per heavy atom. The minimum atomic E-state index is -0.485. The van der Waals surface area contributed by atoms with E-state index in [0.717, 1.165) is 12.8 Å². The standard InChI is InChI=1S/C24H26N2O5/c1-24(2,3)23(29)25-15-6-8-16(9-7-15)31-17-10-11-19-20(13-17)22(28)26(21(19)27)14-18-5-4-12-30-18/h6-11,13,18H,4-5,12,14H2,1-3H3,(H,25,29). The van der Waals surface area contributed by atoms with Crippen LogP contribution in [0.15, 0.2) is 42.5 Å². The van der Waals surface area contributed by atoms with Gasteiger partial charge in [0.05, 0.1) is 23.8 Å². The number of carbonyl (C=O) groups excluding carboxylic acids is 3. The zero-order chi connectivity index (χ0) is 22.2. The zero-order valence-electron chi connectivity index (χ0n) is 17.9. The van der Waals surface area contributed by atoms with Crippen LogP contribution < -0.4 is 10.1 Å². The van der Waals surface area contributed by atoms with E-state index in [-0.39, 0.29) is 30.4 Å². The molecule has 7 nitrogen and oxygen atoms in total. The highest BCUT2D eigenvalue weighted by molar-refractivity contribution is 6.21. The fourth-order valence-electron chi connectivity index (χ4n) is 3.55. The van der Waals surface area contributed by atoms with Gasteiger partial charge in [0, 0.05) is 17.7 Å². The molecule has 0 bridgehead atoms. The lowest BCUT2D eigenvalue weighted by Crippen LogP contribution is -2.36. The van der Waals surface area contributed by atoms with Crippen molar-refractivity contribution in [3.05, 3.63) is 53.6 Å². The van der Waals surface area contributed by atoms with Crippen LogP contribution >= 0.6 is 0 Å². The number of nitrogens with one attached hydrogen (secondary N) is 1. The van der Waals surface area contributed by atoms with Crippen molar-refractivity contribution in [2.45, 2.75) is 39.7 Å². The maximum Gasteiger partial charge on any atom is 0.261 e. The third-order valence-corrected chi connectivity index (χ3v) is 5.38. The van der Waals surface area contributed by atoms with E-state index in [2.05, 4.69) is 5.32 Å². The van der Waals surface area contributed by atoms with E-state index in [0.29, 0.717) is 34.9 Å². The molecule has 1 atom stereocenters. The maximum atomic E-state index is 12.8. The number of ether oxygens (including phenoxy) is 2. The van der Waals surface area contributed by atoms with E-state index in [1.807, 2.05) is 20.8 Å². The van der Waals surface area contributed by atoms with Gasteiger partial charge in [-0.15, -0.1) is 0 Å². The summed E-state index contributed by atoms with van der Waals surface area (Å²) in [6, 6.07) is 11.9. The Bertz CT molecular complexity index is 1020. The van der Waals surface area contributed by atoms with Gasteiger partial charge in [0.15, 0.2) is 0 Å². The first kappa shape index (κ1) is 21.1. The first-order chi connectivity index (χ1) is 14.7. The van der Waals surface area contributed by atoms with Crippen molar-refractivity contribution in [2.24, 2.45) is 5.41 Å². The highest BCUT2D eigenvalue weighted by atomic mass is 16.5. The molecule has 2 aromatic rings. The summed E-state index contributed by atoms with van der Waals surface area (Å²) in [5.41, 5.74) is 0.915. The Kier molecular flexibility index (Phi) is 5.54. The Morgan fingerprint density at radius 3 is 2.39 bits per heavy atom. The molecular weight excluding hydrogens is 396 g/mol. The van der Waals surface area contributed by atoms with Crippen LogP contribution in [0.5, 0.6) is 11.5 Å². The molecule has 2 aliphatic heterocycles. The predicted molar refractivity (Wildman–Crippen MR) is 115 cm³/mol. The number of nitrogens with zero attached hydrogens (tertiary/aromatic N) is 1. The van der Waals surface area contributed by atoms with Gasteiger partial charge in [-0.1, -0.05) is 20.8 Å². The van der Waals surface area contributed by atoms with Crippen LogP contribution in [0, 0.1) is 5.41 Å². The average molecular weight is 422 g/mol. The van der Waals surface area contributed by atoms with Crippen LogP contribution in [0.3, 0.4) is 0 Å². The van der Waals surface area contributed by atoms with Crippen molar-refractivity contribution < 1.29 is 23.9 Å². The lowest BCUT2D eigenvalue weighted by atomic mass is 9.95. The van der Waals surface area contributed by atoms with Crippen LogP contribution in [0.2, 0.25) is 0 Å². The summed E-state index contributed by atoms with van der Waals surface area (Å²) >= 11 is 0. The summed E-state index contributed by atoms with van der Waals surface area (Å²) in [5.74, 6) is 0.338. The summed E-state index contributed by atoms with van der Waals surface area (Å²) in [4.78, 5) is 38.8. The van der Waals surface area contributed by atoms with E-state index in [9.17, 15) is 14.4 Å². The minimum absolute atomic E-state index is 0.0736. The van der Waals surface area contributed by atoms with Gasteiger partial charge >= 0.3 is 0 Å². The predicted octanol–water partition coefficient (Wildman–Crippen LogP) is 4.24. The van der Waals surface area contributed by atoms with Crippen molar-refractivity contribution >= 4 is 23.4 Å². The topological polar surface area (TPSA) is 84.9 Å². The Morgan fingerprint density at radius 1 is 1.06 bits per heavy atom. The van der Waals surface area contributed by atoms with E-state index in [1.54, 1.807) is 42.5 Å². The van der Waals surface area contributed by atoms with Gasteiger partial charge in [-0.3, -0.25) is 19.3 Å². The molecule has 0 aromatic heterocycles. The number of imide groups is 1. The van der Waals surface area contributed by atoms with Gasteiger partial charge in [0.1, 0.15) is 11.5 Å². The number of rotatable bonds is 5. The second-order valence-corrected chi connectivity index (χ2v) is 8.89. The number of benzene rings is 2. The molecule has 0 saturated carbocycles. The first-order valence-corrected chi connectivity index (χ1v) is 10.4. The molecule has 2 aromatic carbocycles. The third kappa shape index (κ3) is 4.46. The molecule has 0 aliphatic carbocycles. The number of anilines is 1. The number of amides is 3. The lowest BCUT2D eigenvalue weighted by molar-refractivity contribution is -0.123. The molecule has 162 valence electrons. The SMILES string of the molecule is CC(C)(C)C(=O)Nc1ccc(Oc2ccc3c(c2)C(=O)N(CC2CCCO2)C3=O)cc1. The maximum absolute atomic E-state index is 12.8. The van der Waals surface area contributed by atoms with Gasteiger partial charge in [0.2, 0.25) is 5.91 Å². The number of fused-ring (bicyclic) bond motifs is 1. The van der Waals surface area contributed by atoms with Crippen LogP contribution in [0.4, 0.5) is 5.69 Å². The van der Waals surface area contributed by atoms with Crippen molar-refractivity contribution in [3.63, 3.8) is 0 Å². The quantitative estimate of drug-likeness (QED) is 0.729. The van der Waals surface area contributed by atoms with E-state index in [1.165, 1.54) is 4.90 Å². The van der Waals surface area contributed by atoms with Gasteiger partial charge in [-0.05, 0) is 55.3 Å². The zero-order valence-corrected chi connectivity index (χ0v) is 17.9. The van der Waals surface area contributed by atoms with Crippen LogP contribution in [-0.4, -0.2) is 41.9 Å². The fraction of sp³-hybridized carbons (Fsp3) is 0.375. The average Bonchev–Trinajstić information content (AvgIpc) is 3.32. The summed E-state index contributed by atoms with van der Waals surface area (Å²) < 4.78 is 11.4. The van der Waals surface area contributed by atoms with Gasteiger partial charge < -0.3 is 14.8 Å². The smallest absolute Gasteiger partial charge is 0.261 e. The summed E-state index contributed by atoms with van der Waals surface area (Å²) in [6.07, 6.45) is 1.72. The fourth-order valence-corrected chi connectivity index (χ4v) is 3.55. The molecule has 31 heavy (non-hydrogen) atoms. The molecule has 1 saturated heterocycles. The lowest BCUT2D eigenvalue weighted by Gasteiger charge is -2.18. The number of hydrogen-bond donors (Lipinski definition) is 1. The molecule has 0 radical (unpaired) electrons. The van der Waals surface area contributed by atoms with Crippen molar-refractivity contribution in [1.29, 1.82) is 0 Å². The van der Waals surface area contributed by atoms with Gasteiger partial charge in [-0.2, -0.15) is 0 Å². The molecule has 4 rings (SSSR count). The molecule has 0 spiro atoms. The molecule has 7 heteroatoms. The summed E-state index contributed by atoms with van der Waals surface area (Å²) in [7, 11) is 0. The van der Waals surface area contributed by atoms with Gasteiger partial charge in [0.25, 0.3) is 11.8 Å². The van der Waals surface area contributed by atoms with Crippen molar-refractivity contribution in [2.75, 3.05) is 18.5 Å². The molecule has 3 amide bonds. The van der Waals surface area contributed by atoms with E-state index < -0.39 is 5.41 Å². The molecule has 2 aliphatic rings. The monoisotopic (exact) mass is 422 g/mol. The van der Waals surface area contributed by atoms with Crippen LogP contribution in [-0.2, 0) is 9.53 Å². The van der Waals surface area contributed by atoms with Crippen molar-refractivity contribution in [1.82, 2.24) is 4.90 Å². The largest absolute Gasteiger partial charge is 0.457 e. The Balaban J connectivity index is 1.44. The summed E-state index contributed by atoms with van der Waals surface area (Å²) in [6.45, 7) is 6.50. The molecule has 1 unspecified atom stereocenters. The van der Waals surface area contributed by atoms with Crippen molar-refractivity contribution in [3.8, 4) is 11.5 Å². The number of carbonyl (C=O) groups is 3. The molecule has 2 heterocycles. The number of hydrogen-bond acceptors (Lipinski definition) is 5. The molecular formula is C24H26N2O5. The second kappa shape index (κ2) is 8.15. The first-order valence-electron chi connectivity index (χ1n) is 10.4. The molecule has 1 fully saturated rings. The highest BCUT2D eigenvalue weighted by Gasteiger charge is 2.37. The van der Waals surface area contributed by atoms with E-state index in [4.69, 9.17) is 9.47 Å². The van der Waals surface area contributed by atoms with Gasteiger partial charge in [-0.25, -0.2) is 0 Å². The second-order valence-electron chi connectivity index (χ2n) is 8.89. The van der Waals surface area contributed by atoms with E-state index >= 15 is 0 Å². The third-order valence-electron chi connectivity index (χ3n) is 5.38. The Labute approximate surface area is 181 Å². The summed E-state index contributed by atoms with van der Waals surface area (Å²) in [5, 5.41) is 2.86. The van der Waals surface area contributed by atoms with Crippen LogP contribution in [0.25, 0.3) is 0 Å². The molecule has 1 N–H and O–H groups in total. The normalized spacial score (nSPS) is 18.3. The highest BCUT2D eigenvalue weighted by Crippen LogP contribution is 2.31. The van der Waals surface area contributed by atoms with Crippen LogP contribution in [0.1, 0.15) is 54.3 Å². The Hall–Kier alpha value is -3.19.